The Morgan fingerprint density at radius 1 is 0.923 bits per heavy atom. The molecule has 2 aromatic heterocycles. The van der Waals surface area contributed by atoms with Crippen molar-refractivity contribution in [3.05, 3.63) is 88.9 Å². The lowest BCUT2D eigenvalue weighted by Gasteiger charge is -2.31. The number of nitrogens with one attached hydrogen (secondary N) is 1. The molecule has 1 aliphatic heterocycles. The monoisotopic (exact) mass is 358 g/mol. The van der Waals surface area contributed by atoms with Crippen molar-refractivity contribution in [1.29, 1.82) is 0 Å². The zero-order valence-corrected chi connectivity index (χ0v) is 14.9. The van der Waals surface area contributed by atoms with Gasteiger partial charge >= 0.3 is 0 Å². The number of hydrogen-bond donors (Lipinski definition) is 1. The molecular weight excluding hydrogens is 340 g/mol. The summed E-state index contributed by atoms with van der Waals surface area (Å²) in [4.78, 5) is 5.73. The highest BCUT2D eigenvalue weighted by Gasteiger charge is 2.30. The lowest BCUT2D eigenvalue weighted by molar-refractivity contribution is 0.436. The van der Waals surface area contributed by atoms with E-state index in [1.165, 1.54) is 21.6 Å². The second kappa shape index (κ2) is 6.42. The molecule has 5 rings (SSSR count). The van der Waals surface area contributed by atoms with Crippen molar-refractivity contribution in [3.63, 3.8) is 0 Å². The van der Waals surface area contributed by atoms with Gasteiger partial charge in [-0.3, -0.25) is 0 Å². The Hall–Kier alpha value is -2.92. The van der Waals surface area contributed by atoms with Crippen molar-refractivity contribution in [2.24, 2.45) is 0 Å². The maximum Gasteiger partial charge on any atom is 0.222 e. The molecular formula is C21H18N4S. The minimum Gasteiger partial charge on any atom is -0.348 e. The fraction of sp³-hybridized carbons (Fsp3) is 0.143. The van der Waals surface area contributed by atoms with Crippen LogP contribution in [0, 0.1) is 0 Å². The number of anilines is 1. The lowest BCUT2D eigenvalue weighted by Crippen LogP contribution is -2.27. The fourth-order valence-corrected chi connectivity index (χ4v) is 4.42. The first kappa shape index (κ1) is 15.3. The Kier molecular flexibility index (Phi) is 3.79. The van der Waals surface area contributed by atoms with Gasteiger partial charge in [0, 0.05) is 4.88 Å². The zero-order chi connectivity index (χ0) is 17.3. The molecule has 0 amide bonds. The van der Waals surface area contributed by atoms with Gasteiger partial charge in [0.25, 0.3) is 0 Å². The quantitative estimate of drug-likeness (QED) is 0.550. The molecule has 2 unspecified atom stereocenters. The van der Waals surface area contributed by atoms with E-state index in [4.69, 9.17) is 0 Å². The van der Waals surface area contributed by atoms with Gasteiger partial charge in [-0.2, -0.15) is 10.1 Å². The lowest BCUT2D eigenvalue weighted by atomic mass is 9.95. The van der Waals surface area contributed by atoms with E-state index in [1.54, 1.807) is 17.7 Å². The highest BCUT2D eigenvalue weighted by molar-refractivity contribution is 7.10. The molecule has 128 valence electrons. The third kappa shape index (κ3) is 2.70. The van der Waals surface area contributed by atoms with Gasteiger partial charge in [0.05, 0.1) is 12.1 Å². The normalized spacial score (nSPS) is 18.9. The summed E-state index contributed by atoms with van der Waals surface area (Å²) in [6.07, 6.45) is 2.59. The topological polar surface area (TPSA) is 42.7 Å². The Morgan fingerprint density at radius 2 is 1.73 bits per heavy atom. The Bertz CT molecular complexity index is 990. The fourth-order valence-electron chi connectivity index (χ4n) is 3.59. The number of thiophene rings is 1. The molecule has 26 heavy (non-hydrogen) atoms. The SMILES string of the molecule is c1ccc(-c2ccc(C3CC(c4cccs4)n4ncnc4N3)cc2)cc1. The van der Waals surface area contributed by atoms with Gasteiger partial charge in [-0.15, -0.1) is 11.3 Å². The molecule has 0 bridgehead atoms. The summed E-state index contributed by atoms with van der Waals surface area (Å²) in [5, 5.41) is 10.1. The van der Waals surface area contributed by atoms with Gasteiger partial charge in [0.1, 0.15) is 6.33 Å². The molecule has 4 nitrogen and oxygen atoms in total. The van der Waals surface area contributed by atoms with Crippen molar-refractivity contribution >= 4 is 17.3 Å². The third-order valence-electron chi connectivity index (χ3n) is 4.92. The highest BCUT2D eigenvalue weighted by Crippen LogP contribution is 2.39. The van der Waals surface area contributed by atoms with Gasteiger partial charge < -0.3 is 5.32 Å². The number of fused-ring (bicyclic) bond motifs is 1. The van der Waals surface area contributed by atoms with E-state index in [1.807, 2.05) is 10.7 Å². The van der Waals surface area contributed by atoms with Crippen molar-refractivity contribution in [2.45, 2.75) is 18.5 Å². The zero-order valence-electron chi connectivity index (χ0n) is 14.1. The van der Waals surface area contributed by atoms with Gasteiger partial charge in [0.2, 0.25) is 5.95 Å². The van der Waals surface area contributed by atoms with Crippen LogP contribution in [0.15, 0.2) is 78.4 Å². The molecule has 0 spiro atoms. The highest BCUT2D eigenvalue weighted by atomic mass is 32.1. The summed E-state index contributed by atoms with van der Waals surface area (Å²) in [5.74, 6) is 0.840. The van der Waals surface area contributed by atoms with Crippen molar-refractivity contribution in [3.8, 4) is 11.1 Å². The molecule has 0 saturated heterocycles. The molecule has 2 aromatic carbocycles. The third-order valence-corrected chi connectivity index (χ3v) is 5.90. The average molecular weight is 358 g/mol. The summed E-state index contributed by atoms with van der Waals surface area (Å²) < 4.78 is 2.00. The number of nitrogens with zero attached hydrogens (tertiary/aromatic N) is 3. The number of aromatic nitrogens is 3. The maximum absolute atomic E-state index is 4.43. The van der Waals surface area contributed by atoms with Crippen molar-refractivity contribution in [2.75, 3.05) is 5.32 Å². The minimum absolute atomic E-state index is 0.226. The van der Waals surface area contributed by atoms with E-state index in [9.17, 15) is 0 Å². The molecule has 1 aliphatic rings. The molecule has 4 aromatic rings. The first-order valence-electron chi connectivity index (χ1n) is 8.73. The summed E-state index contributed by atoms with van der Waals surface area (Å²) in [6, 6.07) is 24.1. The molecule has 3 heterocycles. The van der Waals surface area contributed by atoms with Crippen LogP contribution in [-0.4, -0.2) is 14.8 Å². The minimum atomic E-state index is 0.226. The van der Waals surface area contributed by atoms with Crippen LogP contribution in [0.1, 0.15) is 28.9 Å². The predicted octanol–water partition coefficient (Wildman–Crippen LogP) is 5.15. The first-order valence-corrected chi connectivity index (χ1v) is 9.61. The van der Waals surface area contributed by atoms with Gasteiger partial charge in [0.15, 0.2) is 0 Å². The Labute approximate surface area is 156 Å². The maximum atomic E-state index is 4.43. The van der Waals surface area contributed by atoms with Gasteiger partial charge in [-0.25, -0.2) is 4.68 Å². The van der Waals surface area contributed by atoms with Gasteiger partial charge in [-0.1, -0.05) is 60.7 Å². The van der Waals surface area contributed by atoms with Crippen LogP contribution in [0.2, 0.25) is 0 Å². The van der Waals surface area contributed by atoms with E-state index >= 15 is 0 Å². The first-order chi connectivity index (χ1) is 12.9. The van der Waals surface area contributed by atoms with E-state index in [0.29, 0.717) is 0 Å². The molecule has 2 atom stereocenters. The summed E-state index contributed by atoms with van der Waals surface area (Å²) in [6.45, 7) is 0. The standard InChI is InChI=1S/C21H18N4S/c1-2-5-15(6-3-1)16-8-10-17(11-9-16)18-13-19(20-7-4-12-26-20)25-21(24-18)22-14-23-25/h1-12,14,18-19H,13H2,(H,22,23,24). The van der Waals surface area contributed by atoms with Gasteiger partial charge in [-0.05, 0) is 34.6 Å². The summed E-state index contributed by atoms with van der Waals surface area (Å²) in [7, 11) is 0. The summed E-state index contributed by atoms with van der Waals surface area (Å²) in [5.41, 5.74) is 3.76. The molecule has 5 heteroatoms. The molecule has 0 aliphatic carbocycles. The predicted molar refractivity (Wildman–Crippen MR) is 105 cm³/mol. The smallest absolute Gasteiger partial charge is 0.222 e. The molecule has 0 saturated carbocycles. The Morgan fingerprint density at radius 3 is 2.50 bits per heavy atom. The average Bonchev–Trinajstić information content (AvgIpc) is 3.40. The van der Waals surface area contributed by atoms with Crippen LogP contribution >= 0.6 is 11.3 Å². The largest absolute Gasteiger partial charge is 0.348 e. The molecule has 0 radical (unpaired) electrons. The van der Waals surface area contributed by atoms with Crippen molar-refractivity contribution < 1.29 is 0 Å². The number of benzene rings is 2. The molecule has 1 N–H and O–H groups in total. The second-order valence-corrected chi connectivity index (χ2v) is 7.46. The van der Waals surface area contributed by atoms with Crippen LogP contribution < -0.4 is 5.32 Å². The van der Waals surface area contributed by atoms with Crippen LogP contribution in [-0.2, 0) is 0 Å². The van der Waals surface area contributed by atoms with Crippen LogP contribution in [0.4, 0.5) is 5.95 Å². The van der Waals surface area contributed by atoms with Crippen LogP contribution in [0.5, 0.6) is 0 Å². The van der Waals surface area contributed by atoms with Crippen LogP contribution in [0.3, 0.4) is 0 Å². The second-order valence-electron chi connectivity index (χ2n) is 6.48. The van der Waals surface area contributed by atoms with E-state index in [0.717, 1.165) is 12.4 Å². The van der Waals surface area contributed by atoms with Crippen molar-refractivity contribution in [1.82, 2.24) is 14.8 Å². The summed E-state index contributed by atoms with van der Waals surface area (Å²) >= 11 is 1.78. The van der Waals surface area contributed by atoms with E-state index in [2.05, 4.69) is 81.4 Å². The molecule has 0 fully saturated rings. The number of hydrogen-bond acceptors (Lipinski definition) is 4. The van der Waals surface area contributed by atoms with E-state index < -0.39 is 0 Å². The Balaban J connectivity index is 1.46. The van der Waals surface area contributed by atoms with E-state index in [-0.39, 0.29) is 12.1 Å². The van der Waals surface area contributed by atoms with Crippen LogP contribution in [0.25, 0.3) is 11.1 Å². The number of rotatable bonds is 3.